The minimum Gasteiger partial charge on any atom is -0.301 e. The molecular formula is C4H6N2. The SMILES string of the molecule is C1CC2NN=C12. The van der Waals surface area contributed by atoms with Gasteiger partial charge in [0.15, 0.2) is 0 Å². The molecule has 0 aromatic heterocycles. The fourth-order valence-electron chi connectivity index (χ4n) is 0.785. The number of hydrazone groups is 1. The summed E-state index contributed by atoms with van der Waals surface area (Å²) in [6.45, 7) is 0. The van der Waals surface area contributed by atoms with E-state index in [1.165, 1.54) is 18.6 Å². The Balaban J connectivity index is 2.30. The van der Waals surface area contributed by atoms with Gasteiger partial charge in [0.25, 0.3) is 0 Å². The van der Waals surface area contributed by atoms with Gasteiger partial charge in [0.1, 0.15) is 0 Å². The first kappa shape index (κ1) is 2.61. The van der Waals surface area contributed by atoms with Crippen LogP contribution < -0.4 is 5.43 Å². The first-order valence-electron chi connectivity index (χ1n) is 2.29. The minimum absolute atomic E-state index is 0.713. The van der Waals surface area contributed by atoms with Crippen LogP contribution in [0.1, 0.15) is 12.8 Å². The minimum atomic E-state index is 0.713. The fraction of sp³-hybridized carbons (Fsp3) is 0.750. The molecule has 2 heteroatoms. The van der Waals surface area contributed by atoms with E-state index in [4.69, 9.17) is 0 Å². The van der Waals surface area contributed by atoms with Crippen LogP contribution in [0.3, 0.4) is 0 Å². The first-order valence-corrected chi connectivity index (χ1v) is 2.29. The number of hydrogen-bond donors (Lipinski definition) is 1. The molecular weight excluding hydrogens is 76.1 g/mol. The number of nitrogens with zero attached hydrogens (tertiary/aromatic N) is 1. The fourth-order valence-corrected chi connectivity index (χ4v) is 0.785. The van der Waals surface area contributed by atoms with E-state index in [0.29, 0.717) is 6.04 Å². The van der Waals surface area contributed by atoms with E-state index in [0.717, 1.165) is 0 Å². The maximum absolute atomic E-state index is 3.90. The topological polar surface area (TPSA) is 24.4 Å². The first-order chi connectivity index (χ1) is 2.97. The summed E-state index contributed by atoms with van der Waals surface area (Å²) in [4.78, 5) is 0. The van der Waals surface area contributed by atoms with E-state index in [1.807, 2.05) is 0 Å². The summed E-state index contributed by atoms with van der Waals surface area (Å²) >= 11 is 0. The highest BCUT2D eigenvalue weighted by Gasteiger charge is 2.31. The molecule has 0 bridgehead atoms. The predicted molar refractivity (Wildman–Crippen MR) is 23.6 cm³/mol. The lowest BCUT2D eigenvalue weighted by molar-refractivity contribution is 0.478. The molecule has 2 rings (SSSR count). The highest BCUT2D eigenvalue weighted by molar-refractivity contribution is 5.97. The standard InChI is InChI=1S/C4H6N2/c1-2-4-3(1)5-6-4/h3,5H,1-2H2. The van der Waals surface area contributed by atoms with Gasteiger partial charge in [-0.25, -0.2) is 0 Å². The van der Waals surface area contributed by atoms with Crippen LogP contribution in [0.25, 0.3) is 0 Å². The molecule has 6 heavy (non-hydrogen) atoms. The predicted octanol–water partition coefficient (Wildman–Crippen LogP) is 0.108. The van der Waals surface area contributed by atoms with Crippen LogP contribution in [0.15, 0.2) is 5.10 Å². The second-order valence-corrected chi connectivity index (χ2v) is 1.82. The van der Waals surface area contributed by atoms with Crippen molar-refractivity contribution in [1.82, 2.24) is 5.43 Å². The van der Waals surface area contributed by atoms with E-state index in [2.05, 4.69) is 10.5 Å². The van der Waals surface area contributed by atoms with Gasteiger partial charge in [-0.1, -0.05) is 0 Å². The van der Waals surface area contributed by atoms with Crippen molar-refractivity contribution in [2.75, 3.05) is 0 Å². The van der Waals surface area contributed by atoms with Gasteiger partial charge in [0.2, 0.25) is 0 Å². The molecule has 1 aliphatic heterocycles. The van der Waals surface area contributed by atoms with Crippen molar-refractivity contribution in [2.45, 2.75) is 18.9 Å². The maximum Gasteiger partial charge on any atom is 0.0842 e. The molecule has 2 aliphatic rings. The van der Waals surface area contributed by atoms with Gasteiger partial charge in [-0.3, -0.25) is 0 Å². The summed E-state index contributed by atoms with van der Waals surface area (Å²) < 4.78 is 0. The third kappa shape index (κ3) is 0.117. The number of nitrogens with one attached hydrogen (secondary N) is 1. The number of rotatable bonds is 0. The Bertz CT molecular complexity index is 106. The molecule has 1 N–H and O–H groups in total. The molecule has 2 nitrogen and oxygen atoms in total. The number of fused-ring (bicyclic) bond motifs is 1. The quantitative estimate of drug-likeness (QED) is 0.440. The third-order valence-corrected chi connectivity index (χ3v) is 1.46. The zero-order valence-corrected chi connectivity index (χ0v) is 3.44. The van der Waals surface area contributed by atoms with Crippen LogP contribution in [-0.2, 0) is 0 Å². The van der Waals surface area contributed by atoms with Crippen molar-refractivity contribution < 1.29 is 0 Å². The molecule has 0 aromatic rings. The zero-order valence-electron chi connectivity index (χ0n) is 3.44. The Morgan fingerprint density at radius 1 is 1.83 bits per heavy atom. The molecule has 0 radical (unpaired) electrons. The number of hydrogen-bond acceptors (Lipinski definition) is 2. The van der Waals surface area contributed by atoms with Crippen molar-refractivity contribution >= 4 is 5.71 Å². The van der Waals surface area contributed by atoms with Crippen LogP contribution in [0, 0.1) is 0 Å². The van der Waals surface area contributed by atoms with Gasteiger partial charge in [-0.2, -0.15) is 5.10 Å². The summed E-state index contributed by atoms with van der Waals surface area (Å²) in [5, 5.41) is 3.90. The monoisotopic (exact) mass is 82.1 g/mol. The van der Waals surface area contributed by atoms with E-state index in [9.17, 15) is 0 Å². The lowest BCUT2D eigenvalue weighted by Gasteiger charge is -2.35. The Morgan fingerprint density at radius 3 is 2.67 bits per heavy atom. The average Bonchev–Trinajstić information content (AvgIpc) is 1.54. The Labute approximate surface area is 36.2 Å². The van der Waals surface area contributed by atoms with E-state index >= 15 is 0 Å². The van der Waals surface area contributed by atoms with Crippen molar-refractivity contribution in [2.24, 2.45) is 5.10 Å². The van der Waals surface area contributed by atoms with Crippen LogP contribution in [-0.4, -0.2) is 11.8 Å². The Morgan fingerprint density at radius 2 is 2.67 bits per heavy atom. The Hall–Kier alpha value is -0.530. The molecule has 1 aliphatic carbocycles. The average molecular weight is 82.1 g/mol. The molecule has 1 fully saturated rings. The molecule has 1 heterocycles. The summed E-state index contributed by atoms with van der Waals surface area (Å²) in [5.74, 6) is 0. The molecule has 0 saturated heterocycles. The van der Waals surface area contributed by atoms with Crippen molar-refractivity contribution in [3.05, 3.63) is 0 Å². The van der Waals surface area contributed by atoms with Gasteiger partial charge in [0, 0.05) is 0 Å². The van der Waals surface area contributed by atoms with Gasteiger partial charge < -0.3 is 5.43 Å². The van der Waals surface area contributed by atoms with Gasteiger partial charge in [-0.05, 0) is 12.8 Å². The maximum atomic E-state index is 3.90. The van der Waals surface area contributed by atoms with Crippen molar-refractivity contribution in [3.8, 4) is 0 Å². The van der Waals surface area contributed by atoms with E-state index in [-0.39, 0.29) is 0 Å². The zero-order chi connectivity index (χ0) is 3.98. The molecule has 1 unspecified atom stereocenters. The summed E-state index contributed by atoms with van der Waals surface area (Å²) in [6.07, 6.45) is 2.57. The smallest absolute Gasteiger partial charge is 0.0842 e. The van der Waals surface area contributed by atoms with Gasteiger partial charge >= 0.3 is 0 Å². The molecule has 1 saturated carbocycles. The van der Waals surface area contributed by atoms with Crippen LogP contribution in [0.4, 0.5) is 0 Å². The highest BCUT2D eigenvalue weighted by Crippen LogP contribution is 2.21. The largest absolute Gasteiger partial charge is 0.301 e. The van der Waals surface area contributed by atoms with Crippen molar-refractivity contribution in [3.63, 3.8) is 0 Å². The summed E-state index contributed by atoms with van der Waals surface area (Å²) in [6, 6.07) is 0.713. The van der Waals surface area contributed by atoms with Crippen molar-refractivity contribution in [1.29, 1.82) is 0 Å². The molecule has 0 aromatic carbocycles. The molecule has 1 atom stereocenters. The van der Waals surface area contributed by atoms with Gasteiger partial charge in [0.05, 0.1) is 11.8 Å². The lowest BCUT2D eigenvalue weighted by Crippen LogP contribution is -2.51. The summed E-state index contributed by atoms with van der Waals surface area (Å²) in [7, 11) is 0. The summed E-state index contributed by atoms with van der Waals surface area (Å²) in [5.41, 5.74) is 4.32. The van der Waals surface area contributed by atoms with E-state index < -0.39 is 0 Å². The normalized spacial score (nSPS) is 37.3. The van der Waals surface area contributed by atoms with Crippen LogP contribution in [0.5, 0.6) is 0 Å². The third-order valence-electron chi connectivity index (χ3n) is 1.46. The van der Waals surface area contributed by atoms with Gasteiger partial charge in [-0.15, -0.1) is 0 Å². The molecule has 32 valence electrons. The molecule has 0 spiro atoms. The highest BCUT2D eigenvalue weighted by atomic mass is 15.4. The second-order valence-electron chi connectivity index (χ2n) is 1.82. The Kier molecular flexibility index (Phi) is 0.261. The lowest BCUT2D eigenvalue weighted by atomic mass is 9.89. The van der Waals surface area contributed by atoms with Crippen LogP contribution >= 0.6 is 0 Å². The second kappa shape index (κ2) is 0.600. The molecule has 0 amide bonds. The van der Waals surface area contributed by atoms with E-state index in [1.54, 1.807) is 0 Å². The van der Waals surface area contributed by atoms with Crippen LogP contribution in [0.2, 0.25) is 0 Å².